The van der Waals surface area contributed by atoms with Crippen molar-refractivity contribution in [3.63, 3.8) is 0 Å². The number of carboxylic acids is 1. The highest BCUT2D eigenvalue weighted by molar-refractivity contribution is 5.95. The molecular formula is C14H20N2O3. The summed E-state index contributed by atoms with van der Waals surface area (Å²) in [5, 5.41) is 11.6. The Hall–Kier alpha value is -1.91. The predicted octanol–water partition coefficient (Wildman–Crippen LogP) is 2.07. The predicted molar refractivity (Wildman–Crippen MR) is 72.1 cm³/mol. The van der Waals surface area contributed by atoms with Gasteiger partial charge < -0.3 is 10.4 Å². The van der Waals surface area contributed by atoms with Gasteiger partial charge in [-0.2, -0.15) is 0 Å². The van der Waals surface area contributed by atoms with Gasteiger partial charge in [-0.1, -0.05) is 13.3 Å². The molecule has 0 aliphatic heterocycles. The summed E-state index contributed by atoms with van der Waals surface area (Å²) < 4.78 is 0. The van der Waals surface area contributed by atoms with Gasteiger partial charge in [0.25, 0.3) is 5.91 Å². The minimum absolute atomic E-state index is 0.0576. The molecule has 5 nitrogen and oxygen atoms in total. The zero-order valence-electron chi connectivity index (χ0n) is 11.6. The third-order valence-corrected chi connectivity index (χ3v) is 2.86. The molecule has 1 aromatic heterocycles. The van der Waals surface area contributed by atoms with Crippen molar-refractivity contribution in [1.82, 2.24) is 10.3 Å². The average Bonchev–Trinajstić information content (AvgIpc) is 2.27. The summed E-state index contributed by atoms with van der Waals surface area (Å²) in [7, 11) is 0. The molecule has 0 saturated carbocycles. The molecule has 0 fully saturated rings. The number of carbonyl (C=O) groups excluding carboxylic acids is 1. The number of rotatable bonds is 6. The molecule has 1 unspecified atom stereocenters. The molecule has 0 saturated heterocycles. The molecular weight excluding hydrogens is 244 g/mol. The standard InChI is InChI=1S/C14H20N2O3/c1-4-5-11(8-13(17)18)16-14(19)12-7-6-9(2)15-10(12)3/h6-7,11H,4-5,8H2,1-3H3,(H,16,19)(H,17,18). The minimum atomic E-state index is -0.905. The number of pyridine rings is 1. The maximum atomic E-state index is 12.1. The molecule has 0 aliphatic carbocycles. The van der Waals surface area contributed by atoms with Crippen LogP contribution in [0.5, 0.6) is 0 Å². The summed E-state index contributed by atoms with van der Waals surface area (Å²) >= 11 is 0. The van der Waals surface area contributed by atoms with Crippen molar-refractivity contribution in [1.29, 1.82) is 0 Å². The largest absolute Gasteiger partial charge is 0.481 e. The quantitative estimate of drug-likeness (QED) is 0.824. The van der Waals surface area contributed by atoms with Gasteiger partial charge in [0.15, 0.2) is 0 Å². The fraction of sp³-hybridized carbons (Fsp3) is 0.500. The minimum Gasteiger partial charge on any atom is -0.481 e. The zero-order chi connectivity index (χ0) is 14.4. The molecule has 0 aliphatic rings. The Morgan fingerprint density at radius 1 is 1.37 bits per heavy atom. The highest BCUT2D eigenvalue weighted by Crippen LogP contribution is 2.09. The zero-order valence-corrected chi connectivity index (χ0v) is 11.6. The maximum Gasteiger partial charge on any atom is 0.305 e. The van der Waals surface area contributed by atoms with E-state index in [0.717, 1.165) is 12.1 Å². The molecule has 5 heteroatoms. The summed E-state index contributed by atoms with van der Waals surface area (Å²) in [6.07, 6.45) is 1.41. The number of aliphatic carboxylic acids is 1. The van der Waals surface area contributed by atoms with E-state index in [1.165, 1.54) is 0 Å². The molecule has 0 aromatic carbocycles. The molecule has 19 heavy (non-hydrogen) atoms. The van der Waals surface area contributed by atoms with Gasteiger partial charge in [-0.15, -0.1) is 0 Å². The molecule has 1 aromatic rings. The fourth-order valence-corrected chi connectivity index (χ4v) is 1.97. The molecule has 1 rings (SSSR count). The van der Waals surface area contributed by atoms with Gasteiger partial charge in [-0.3, -0.25) is 14.6 Å². The van der Waals surface area contributed by atoms with E-state index in [1.54, 1.807) is 19.1 Å². The second kappa shape index (κ2) is 6.87. The van der Waals surface area contributed by atoms with E-state index in [2.05, 4.69) is 10.3 Å². The van der Waals surface area contributed by atoms with Crippen molar-refractivity contribution in [2.24, 2.45) is 0 Å². The van der Waals surface area contributed by atoms with E-state index in [9.17, 15) is 9.59 Å². The van der Waals surface area contributed by atoms with Gasteiger partial charge in [0.1, 0.15) is 0 Å². The first-order valence-corrected chi connectivity index (χ1v) is 6.41. The van der Waals surface area contributed by atoms with E-state index in [-0.39, 0.29) is 18.4 Å². The lowest BCUT2D eigenvalue weighted by atomic mass is 10.1. The summed E-state index contributed by atoms with van der Waals surface area (Å²) in [5.41, 5.74) is 2.00. The number of hydrogen-bond acceptors (Lipinski definition) is 3. The molecule has 0 radical (unpaired) electrons. The lowest BCUT2D eigenvalue weighted by molar-refractivity contribution is -0.137. The third-order valence-electron chi connectivity index (χ3n) is 2.86. The van der Waals surface area contributed by atoms with E-state index >= 15 is 0 Å². The Bertz CT molecular complexity index is 472. The lowest BCUT2D eigenvalue weighted by Gasteiger charge is -2.16. The second-order valence-electron chi connectivity index (χ2n) is 4.64. The van der Waals surface area contributed by atoms with Crippen LogP contribution >= 0.6 is 0 Å². The van der Waals surface area contributed by atoms with Crippen molar-refractivity contribution >= 4 is 11.9 Å². The van der Waals surface area contributed by atoms with Crippen molar-refractivity contribution in [3.05, 3.63) is 29.1 Å². The molecule has 104 valence electrons. The number of hydrogen-bond donors (Lipinski definition) is 2. The molecule has 0 bridgehead atoms. The second-order valence-corrected chi connectivity index (χ2v) is 4.64. The Morgan fingerprint density at radius 3 is 2.58 bits per heavy atom. The normalized spacial score (nSPS) is 11.9. The van der Waals surface area contributed by atoms with Crippen molar-refractivity contribution in [2.45, 2.75) is 46.1 Å². The molecule has 0 spiro atoms. The highest BCUT2D eigenvalue weighted by Gasteiger charge is 2.17. The maximum absolute atomic E-state index is 12.1. The summed E-state index contributed by atoms with van der Waals surface area (Å²) in [4.78, 5) is 27.1. The number of carboxylic acid groups (broad SMARTS) is 1. The van der Waals surface area contributed by atoms with E-state index in [1.807, 2.05) is 13.8 Å². The van der Waals surface area contributed by atoms with Crippen LogP contribution in [0.15, 0.2) is 12.1 Å². The first-order valence-electron chi connectivity index (χ1n) is 6.41. The smallest absolute Gasteiger partial charge is 0.305 e. The van der Waals surface area contributed by atoms with Gasteiger partial charge >= 0.3 is 5.97 Å². The third kappa shape index (κ3) is 4.69. The van der Waals surface area contributed by atoms with Gasteiger partial charge in [-0.05, 0) is 32.4 Å². The highest BCUT2D eigenvalue weighted by atomic mass is 16.4. The first kappa shape index (κ1) is 15.1. The fourth-order valence-electron chi connectivity index (χ4n) is 1.97. The number of carbonyl (C=O) groups is 2. The van der Waals surface area contributed by atoms with Crippen LogP contribution in [0.2, 0.25) is 0 Å². The molecule has 1 atom stereocenters. The average molecular weight is 264 g/mol. The van der Waals surface area contributed by atoms with Crippen LogP contribution < -0.4 is 5.32 Å². The van der Waals surface area contributed by atoms with E-state index in [4.69, 9.17) is 5.11 Å². The summed E-state index contributed by atoms with van der Waals surface area (Å²) in [6.45, 7) is 5.59. The van der Waals surface area contributed by atoms with Gasteiger partial charge in [0.2, 0.25) is 0 Å². The molecule has 1 heterocycles. The summed E-state index contributed by atoms with van der Waals surface area (Å²) in [6, 6.07) is 3.15. The Balaban J connectivity index is 2.78. The topological polar surface area (TPSA) is 79.3 Å². The first-order chi connectivity index (χ1) is 8.93. The van der Waals surface area contributed by atoms with E-state index in [0.29, 0.717) is 17.7 Å². The van der Waals surface area contributed by atoms with Crippen LogP contribution in [0, 0.1) is 13.8 Å². The summed E-state index contributed by atoms with van der Waals surface area (Å²) in [5.74, 6) is -1.16. The van der Waals surface area contributed by atoms with Crippen LogP contribution in [-0.2, 0) is 4.79 Å². The van der Waals surface area contributed by atoms with Crippen LogP contribution in [-0.4, -0.2) is 28.0 Å². The van der Waals surface area contributed by atoms with Gasteiger partial charge in [0, 0.05) is 11.7 Å². The number of amides is 1. The van der Waals surface area contributed by atoms with Crippen LogP contribution in [0.1, 0.15) is 47.9 Å². The lowest BCUT2D eigenvalue weighted by Crippen LogP contribution is -2.36. The van der Waals surface area contributed by atoms with Crippen LogP contribution in [0.4, 0.5) is 0 Å². The van der Waals surface area contributed by atoms with E-state index < -0.39 is 5.97 Å². The monoisotopic (exact) mass is 264 g/mol. The number of nitrogens with zero attached hydrogens (tertiary/aromatic N) is 1. The van der Waals surface area contributed by atoms with Crippen molar-refractivity contribution in [3.8, 4) is 0 Å². The van der Waals surface area contributed by atoms with Crippen LogP contribution in [0.25, 0.3) is 0 Å². The number of aromatic nitrogens is 1. The Labute approximate surface area is 113 Å². The van der Waals surface area contributed by atoms with Crippen molar-refractivity contribution in [2.75, 3.05) is 0 Å². The number of nitrogens with one attached hydrogen (secondary N) is 1. The molecule has 1 amide bonds. The molecule has 2 N–H and O–H groups in total. The van der Waals surface area contributed by atoms with Crippen LogP contribution in [0.3, 0.4) is 0 Å². The SMILES string of the molecule is CCCC(CC(=O)O)NC(=O)c1ccc(C)nc1C. The van der Waals surface area contributed by atoms with Crippen molar-refractivity contribution < 1.29 is 14.7 Å². The Morgan fingerprint density at radius 2 is 2.05 bits per heavy atom. The van der Waals surface area contributed by atoms with Gasteiger partial charge in [0.05, 0.1) is 17.7 Å². The number of aryl methyl sites for hydroxylation is 2. The van der Waals surface area contributed by atoms with Gasteiger partial charge in [-0.25, -0.2) is 0 Å². The Kier molecular flexibility index (Phi) is 5.48.